The van der Waals surface area contributed by atoms with Crippen LogP contribution in [0.3, 0.4) is 0 Å². The number of aromatic nitrogens is 1. The van der Waals surface area contributed by atoms with Gasteiger partial charge in [-0.25, -0.2) is 0 Å². The molecule has 0 atom stereocenters. The molecule has 0 aliphatic carbocycles. The fourth-order valence-corrected chi connectivity index (χ4v) is 1.35. The monoisotopic (exact) mass is 183 g/mol. The first kappa shape index (κ1) is 8.91. The Kier molecular flexibility index (Phi) is 2.56. The molecule has 2 N–H and O–H groups in total. The number of nitrogens with two attached hydrogens (primary N) is 1. The van der Waals surface area contributed by atoms with Crippen LogP contribution in [0.4, 0.5) is 0 Å². The van der Waals surface area contributed by atoms with Crippen molar-refractivity contribution < 1.29 is 0 Å². The maximum Gasteiger partial charge on any atom is 0.0702 e. The van der Waals surface area contributed by atoms with Gasteiger partial charge in [-0.2, -0.15) is 0 Å². The van der Waals surface area contributed by atoms with Gasteiger partial charge >= 0.3 is 0 Å². The zero-order valence-corrected chi connectivity index (χ0v) is 7.77. The van der Waals surface area contributed by atoms with Gasteiger partial charge in [0.1, 0.15) is 0 Å². The highest BCUT2D eigenvalue weighted by Gasteiger charge is 1.97. The summed E-state index contributed by atoms with van der Waals surface area (Å²) in [5.41, 5.74) is 8.75. The average Bonchev–Trinajstić information content (AvgIpc) is 2.30. The molecule has 0 bridgehead atoms. The Labute approximate surface area is 83.4 Å². The van der Waals surface area contributed by atoms with Crippen molar-refractivity contribution >= 4 is 0 Å². The Bertz CT molecular complexity index is 410. The van der Waals surface area contributed by atoms with Crippen molar-refractivity contribution in [2.45, 2.75) is 6.54 Å². The van der Waals surface area contributed by atoms with Gasteiger partial charge in [0, 0.05) is 24.4 Å². The molecule has 14 heavy (non-hydrogen) atoms. The van der Waals surface area contributed by atoms with Crippen LogP contribution in [-0.4, -0.2) is 4.98 Å². The zero-order valence-electron chi connectivity index (χ0n) is 7.77. The molecule has 0 aliphatic rings. The van der Waals surface area contributed by atoms with Gasteiger partial charge in [0.15, 0.2) is 0 Å². The summed E-state index contributed by atoms with van der Waals surface area (Å²) in [6.45, 7) is 0.562. The van der Waals surface area contributed by atoms with E-state index in [4.69, 9.17) is 5.73 Å². The summed E-state index contributed by atoms with van der Waals surface area (Å²) < 4.78 is 0. The van der Waals surface area contributed by atoms with Gasteiger partial charge in [0.05, 0.1) is 5.69 Å². The average molecular weight is 183 g/mol. The summed E-state index contributed by atoms with van der Waals surface area (Å²) in [6.07, 6.45) is 1.67. The smallest absolute Gasteiger partial charge is 0.0702 e. The molecule has 0 amide bonds. The van der Waals surface area contributed by atoms with E-state index in [-0.39, 0.29) is 0 Å². The first-order chi connectivity index (χ1) is 6.90. The van der Waals surface area contributed by atoms with Gasteiger partial charge in [-0.15, -0.1) is 0 Å². The minimum atomic E-state index is 0.562. The van der Waals surface area contributed by atoms with E-state index in [1.807, 2.05) is 30.3 Å². The molecule has 69 valence electrons. The van der Waals surface area contributed by atoms with Gasteiger partial charge in [-0.3, -0.25) is 4.98 Å². The van der Waals surface area contributed by atoms with E-state index < -0.39 is 0 Å². The number of benzene rings is 1. The van der Waals surface area contributed by atoms with E-state index in [9.17, 15) is 0 Å². The minimum Gasteiger partial charge on any atom is -0.326 e. The lowest BCUT2D eigenvalue weighted by Crippen LogP contribution is -1.95. The maximum atomic E-state index is 5.57. The highest BCUT2D eigenvalue weighted by molar-refractivity contribution is 5.59. The van der Waals surface area contributed by atoms with E-state index in [0.717, 1.165) is 16.8 Å². The molecule has 2 heteroatoms. The van der Waals surface area contributed by atoms with Crippen molar-refractivity contribution in [1.82, 2.24) is 4.98 Å². The van der Waals surface area contributed by atoms with Crippen LogP contribution >= 0.6 is 0 Å². The van der Waals surface area contributed by atoms with Crippen LogP contribution in [0.25, 0.3) is 11.3 Å². The second-order valence-corrected chi connectivity index (χ2v) is 3.05. The standard InChI is InChI=1S/C12H11N2/c13-9-10-4-3-5-11(8-10)12-6-1-2-7-14-12/h1,3-8H,9,13H2. The highest BCUT2D eigenvalue weighted by Crippen LogP contribution is 2.16. The van der Waals surface area contributed by atoms with Gasteiger partial charge in [0.25, 0.3) is 0 Å². The fraction of sp³-hybridized carbons (Fsp3) is 0.0833. The third-order valence-corrected chi connectivity index (χ3v) is 2.07. The van der Waals surface area contributed by atoms with E-state index in [1.54, 1.807) is 6.20 Å². The molecular weight excluding hydrogens is 172 g/mol. The van der Waals surface area contributed by atoms with Crippen LogP contribution in [-0.2, 0) is 6.54 Å². The topological polar surface area (TPSA) is 38.9 Å². The molecule has 1 radical (unpaired) electrons. The first-order valence-electron chi connectivity index (χ1n) is 4.51. The normalized spacial score (nSPS) is 10.1. The maximum absolute atomic E-state index is 5.57. The summed E-state index contributed by atoms with van der Waals surface area (Å²) in [4.78, 5) is 4.23. The van der Waals surface area contributed by atoms with Crippen molar-refractivity contribution in [3.05, 3.63) is 54.2 Å². The molecular formula is C12H11N2. The predicted molar refractivity (Wildman–Crippen MR) is 56.4 cm³/mol. The molecule has 2 rings (SSSR count). The Hall–Kier alpha value is -1.67. The minimum absolute atomic E-state index is 0.562. The van der Waals surface area contributed by atoms with E-state index in [0.29, 0.717) is 6.54 Å². The van der Waals surface area contributed by atoms with Gasteiger partial charge < -0.3 is 5.73 Å². The largest absolute Gasteiger partial charge is 0.326 e. The lowest BCUT2D eigenvalue weighted by atomic mass is 10.1. The van der Waals surface area contributed by atoms with E-state index >= 15 is 0 Å². The van der Waals surface area contributed by atoms with Gasteiger partial charge in [-0.1, -0.05) is 24.3 Å². The lowest BCUT2D eigenvalue weighted by Gasteiger charge is -2.02. The summed E-state index contributed by atoms with van der Waals surface area (Å²) >= 11 is 0. The molecule has 0 saturated carbocycles. The van der Waals surface area contributed by atoms with Crippen LogP contribution in [0, 0.1) is 6.07 Å². The molecule has 1 aromatic carbocycles. The first-order valence-corrected chi connectivity index (χ1v) is 4.51. The van der Waals surface area contributed by atoms with Crippen molar-refractivity contribution in [1.29, 1.82) is 0 Å². The number of hydrogen-bond acceptors (Lipinski definition) is 2. The third kappa shape index (κ3) is 1.80. The number of pyridine rings is 1. The molecule has 0 saturated heterocycles. The van der Waals surface area contributed by atoms with Gasteiger partial charge in [0.2, 0.25) is 0 Å². The summed E-state index contributed by atoms with van der Waals surface area (Å²) in [6, 6.07) is 14.8. The van der Waals surface area contributed by atoms with E-state index in [1.165, 1.54) is 0 Å². The summed E-state index contributed by atoms with van der Waals surface area (Å²) in [7, 11) is 0. The number of hydrogen-bond donors (Lipinski definition) is 1. The van der Waals surface area contributed by atoms with Crippen LogP contribution in [0.1, 0.15) is 5.56 Å². The van der Waals surface area contributed by atoms with E-state index in [2.05, 4.69) is 17.1 Å². The summed E-state index contributed by atoms with van der Waals surface area (Å²) in [5.74, 6) is 0. The van der Waals surface area contributed by atoms with Crippen molar-refractivity contribution in [3.8, 4) is 11.3 Å². The molecule has 2 aromatic rings. The molecule has 0 aliphatic heterocycles. The Morgan fingerprint density at radius 2 is 2.21 bits per heavy atom. The third-order valence-electron chi connectivity index (χ3n) is 2.07. The zero-order chi connectivity index (χ0) is 9.80. The predicted octanol–water partition coefficient (Wildman–Crippen LogP) is 2.01. The fourth-order valence-electron chi connectivity index (χ4n) is 1.35. The Balaban J connectivity index is 2.42. The summed E-state index contributed by atoms with van der Waals surface area (Å²) in [5, 5.41) is 0. The van der Waals surface area contributed by atoms with Crippen LogP contribution < -0.4 is 5.73 Å². The Morgan fingerprint density at radius 1 is 1.29 bits per heavy atom. The molecule has 1 aromatic heterocycles. The second kappa shape index (κ2) is 4.03. The van der Waals surface area contributed by atoms with Crippen molar-refractivity contribution in [2.75, 3.05) is 0 Å². The van der Waals surface area contributed by atoms with Crippen LogP contribution in [0.2, 0.25) is 0 Å². The molecule has 0 spiro atoms. The Morgan fingerprint density at radius 3 is 2.93 bits per heavy atom. The molecule has 0 unspecified atom stereocenters. The van der Waals surface area contributed by atoms with Crippen molar-refractivity contribution in [2.24, 2.45) is 5.73 Å². The second-order valence-electron chi connectivity index (χ2n) is 3.05. The molecule has 0 fully saturated rings. The van der Waals surface area contributed by atoms with Crippen molar-refractivity contribution in [3.63, 3.8) is 0 Å². The molecule has 2 nitrogen and oxygen atoms in total. The lowest BCUT2D eigenvalue weighted by molar-refractivity contribution is 1.07. The quantitative estimate of drug-likeness (QED) is 0.773. The SMILES string of the molecule is NCc1cccc(-c2cc[c]cn2)c1. The van der Waals surface area contributed by atoms with Gasteiger partial charge in [-0.05, 0) is 17.7 Å². The highest BCUT2D eigenvalue weighted by atomic mass is 14.7. The number of rotatable bonds is 2. The molecule has 1 heterocycles. The van der Waals surface area contributed by atoms with Crippen LogP contribution in [0.15, 0.2) is 42.6 Å². The number of nitrogens with zero attached hydrogens (tertiary/aromatic N) is 1. The van der Waals surface area contributed by atoms with Crippen LogP contribution in [0.5, 0.6) is 0 Å².